The fraction of sp³-hybridized carbons (Fsp3) is 0.524. The zero-order valence-corrected chi connectivity index (χ0v) is 18.5. The third-order valence-electron chi connectivity index (χ3n) is 4.50. The molecule has 1 aromatic rings. The number of hydrogen-bond acceptors (Lipinski definition) is 8. The van der Waals surface area contributed by atoms with Crippen LogP contribution in [0.2, 0.25) is 0 Å². The maximum absolute atomic E-state index is 12.6. The molecule has 1 fully saturated rings. The molecular formula is C21H29N3O7. The molecule has 1 heterocycles. The minimum atomic E-state index is -0.613. The van der Waals surface area contributed by atoms with Crippen molar-refractivity contribution in [2.24, 2.45) is 0 Å². The number of carbonyl (C=O) groups is 4. The topological polar surface area (TPSA) is 114 Å². The highest BCUT2D eigenvalue weighted by Crippen LogP contribution is 2.17. The third kappa shape index (κ3) is 6.87. The van der Waals surface area contributed by atoms with Gasteiger partial charge < -0.3 is 29.3 Å². The SMILES string of the molecule is COC(=O)c1cc(NCC(=O)N2CCN(C(=O)OC(C)(C)C)CC2)cc(C(=O)OC)c1. The van der Waals surface area contributed by atoms with Gasteiger partial charge in [0.2, 0.25) is 5.91 Å². The lowest BCUT2D eigenvalue weighted by Crippen LogP contribution is -2.52. The second-order valence-electron chi connectivity index (χ2n) is 7.98. The highest BCUT2D eigenvalue weighted by Gasteiger charge is 2.27. The van der Waals surface area contributed by atoms with E-state index in [-0.39, 0.29) is 23.6 Å². The molecule has 0 aliphatic carbocycles. The summed E-state index contributed by atoms with van der Waals surface area (Å²) in [6.07, 6.45) is -0.396. The summed E-state index contributed by atoms with van der Waals surface area (Å²) in [5.74, 6) is -1.40. The van der Waals surface area contributed by atoms with Gasteiger partial charge in [-0.2, -0.15) is 0 Å². The molecule has 1 aromatic carbocycles. The Morgan fingerprint density at radius 1 is 0.871 bits per heavy atom. The summed E-state index contributed by atoms with van der Waals surface area (Å²) < 4.78 is 14.8. The van der Waals surface area contributed by atoms with Crippen LogP contribution in [0.15, 0.2) is 18.2 Å². The Kier molecular flexibility index (Phi) is 7.84. The van der Waals surface area contributed by atoms with Crippen LogP contribution in [0.5, 0.6) is 0 Å². The van der Waals surface area contributed by atoms with E-state index in [4.69, 9.17) is 14.2 Å². The number of nitrogens with zero attached hydrogens (tertiary/aromatic N) is 2. The van der Waals surface area contributed by atoms with E-state index in [0.29, 0.717) is 31.9 Å². The molecule has 170 valence electrons. The number of methoxy groups -OCH3 is 2. The fourth-order valence-electron chi connectivity index (χ4n) is 2.96. The standard InChI is InChI=1S/C21H29N3O7/c1-21(2,3)31-20(28)24-8-6-23(7-9-24)17(25)13-22-16-11-14(18(26)29-4)10-15(12-16)19(27)30-5/h10-12,22H,6-9,13H2,1-5H3. The molecule has 0 unspecified atom stereocenters. The van der Waals surface area contributed by atoms with Crippen molar-refractivity contribution < 1.29 is 33.4 Å². The van der Waals surface area contributed by atoms with Crippen molar-refractivity contribution in [3.63, 3.8) is 0 Å². The molecule has 2 amide bonds. The van der Waals surface area contributed by atoms with Gasteiger partial charge in [-0.15, -0.1) is 0 Å². The van der Waals surface area contributed by atoms with E-state index in [9.17, 15) is 19.2 Å². The van der Waals surface area contributed by atoms with E-state index < -0.39 is 23.6 Å². The Morgan fingerprint density at radius 2 is 1.35 bits per heavy atom. The van der Waals surface area contributed by atoms with Crippen LogP contribution in [0.4, 0.5) is 10.5 Å². The number of carbonyl (C=O) groups excluding carboxylic acids is 4. The predicted octanol–water partition coefficient (Wildman–Crippen LogP) is 1.75. The van der Waals surface area contributed by atoms with Gasteiger partial charge in [-0.25, -0.2) is 14.4 Å². The van der Waals surface area contributed by atoms with Gasteiger partial charge in [0.1, 0.15) is 5.60 Å². The van der Waals surface area contributed by atoms with Crippen molar-refractivity contribution in [3.8, 4) is 0 Å². The molecule has 0 bridgehead atoms. The van der Waals surface area contributed by atoms with Gasteiger partial charge in [-0.3, -0.25) is 4.79 Å². The van der Waals surface area contributed by atoms with Crippen LogP contribution in [0.25, 0.3) is 0 Å². The van der Waals surface area contributed by atoms with Crippen LogP contribution < -0.4 is 5.32 Å². The first-order valence-electron chi connectivity index (χ1n) is 9.85. The van der Waals surface area contributed by atoms with Crippen molar-refractivity contribution in [2.45, 2.75) is 26.4 Å². The van der Waals surface area contributed by atoms with Crippen molar-refractivity contribution in [2.75, 3.05) is 52.3 Å². The monoisotopic (exact) mass is 435 g/mol. The minimum Gasteiger partial charge on any atom is -0.465 e. The van der Waals surface area contributed by atoms with Crippen molar-refractivity contribution in [1.82, 2.24) is 9.80 Å². The molecule has 1 aliphatic rings. The Balaban J connectivity index is 1.96. The van der Waals surface area contributed by atoms with Crippen LogP contribution in [-0.2, 0) is 19.0 Å². The molecular weight excluding hydrogens is 406 g/mol. The van der Waals surface area contributed by atoms with E-state index in [1.165, 1.54) is 32.4 Å². The van der Waals surface area contributed by atoms with Crippen LogP contribution in [-0.4, -0.2) is 86.3 Å². The fourth-order valence-corrected chi connectivity index (χ4v) is 2.96. The number of amides is 2. The highest BCUT2D eigenvalue weighted by atomic mass is 16.6. The lowest BCUT2D eigenvalue weighted by atomic mass is 10.1. The van der Waals surface area contributed by atoms with E-state index in [1.54, 1.807) is 30.6 Å². The van der Waals surface area contributed by atoms with Gasteiger partial charge in [0.15, 0.2) is 0 Å². The predicted molar refractivity (Wildman–Crippen MR) is 112 cm³/mol. The molecule has 31 heavy (non-hydrogen) atoms. The summed E-state index contributed by atoms with van der Waals surface area (Å²) in [5, 5.41) is 2.93. The average Bonchev–Trinajstić information content (AvgIpc) is 2.74. The van der Waals surface area contributed by atoms with Gasteiger partial charge in [-0.1, -0.05) is 0 Å². The summed E-state index contributed by atoms with van der Waals surface area (Å²) in [6.45, 7) is 6.89. The summed E-state index contributed by atoms with van der Waals surface area (Å²) in [5.41, 5.74) is 0.150. The summed E-state index contributed by atoms with van der Waals surface area (Å²) >= 11 is 0. The molecule has 2 rings (SSSR count). The van der Waals surface area contributed by atoms with Crippen LogP contribution >= 0.6 is 0 Å². The largest absolute Gasteiger partial charge is 0.465 e. The molecule has 1 saturated heterocycles. The number of nitrogens with one attached hydrogen (secondary N) is 1. The summed E-state index contributed by atoms with van der Waals surface area (Å²) in [7, 11) is 2.47. The molecule has 10 heteroatoms. The first kappa shape index (κ1) is 24.0. The number of ether oxygens (including phenoxy) is 3. The quantitative estimate of drug-likeness (QED) is 0.550. The smallest absolute Gasteiger partial charge is 0.410 e. The number of piperazine rings is 1. The van der Waals surface area contributed by atoms with Crippen LogP contribution in [0, 0.1) is 0 Å². The molecule has 0 saturated carbocycles. The van der Waals surface area contributed by atoms with E-state index >= 15 is 0 Å². The van der Waals surface area contributed by atoms with Gasteiger partial charge >= 0.3 is 18.0 Å². The Labute approximate surface area is 181 Å². The minimum absolute atomic E-state index is 0.0440. The van der Waals surface area contributed by atoms with E-state index in [1.807, 2.05) is 0 Å². The molecule has 1 aliphatic heterocycles. The average molecular weight is 435 g/mol. The second kappa shape index (κ2) is 10.1. The number of benzene rings is 1. The summed E-state index contributed by atoms with van der Waals surface area (Å²) in [4.78, 5) is 51.7. The summed E-state index contributed by atoms with van der Waals surface area (Å²) in [6, 6.07) is 4.35. The van der Waals surface area contributed by atoms with Gasteiger partial charge in [0.25, 0.3) is 0 Å². The lowest BCUT2D eigenvalue weighted by molar-refractivity contribution is -0.131. The zero-order chi connectivity index (χ0) is 23.2. The van der Waals surface area contributed by atoms with Crippen molar-refractivity contribution >= 4 is 29.6 Å². The maximum Gasteiger partial charge on any atom is 0.410 e. The van der Waals surface area contributed by atoms with Crippen LogP contribution in [0.3, 0.4) is 0 Å². The maximum atomic E-state index is 12.6. The number of hydrogen-bond donors (Lipinski definition) is 1. The van der Waals surface area contributed by atoms with E-state index in [2.05, 4.69) is 5.32 Å². The Hall–Kier alpha value is -3.30. The molecule has 0 spiro atoms. The zero-order valence-electron chi connectivity index (χ0n) is 18.5. The second-order valence-corrected chi connectivity index (χ2v) is 7.98. The van der Waals surface area contributed by atoms with Gasteiger partial charge in [0.05, 0.1) is 31.9 Å². The molecule has 10 nitrogen and oxygen atoms in total. The third-order valence-corrected chi connectivity index (χ3v) is 4.50. The Bertz CT molecular complexity index is 806. The number of rotatable bonds is 5. The first-order valence-corrected chi connectivity index (χ1v) is 9.85. The Morgan fingerprint density at radius 3 is 1.81 bits per heavy atom. The molecule has 1 N–H and O–H groups in total. The molecule has 0 radical (unpaired) electrons. The van der Waals surface area contributed by atoms with Crippen LogP contribution in [0.1, 0.15) is 41.5 Å². The first-order chi connectivity index (χ1) is 14.5. The van der Waals surface area contributed by atoms with Gasteiger partial charge in [0, 0.05) is 31.9 Å². The molecule has 0 atom stereocenters. The highest BCUT2D eigenvalue weighted by molar-refractivity contribution is 5.97. The number of esters is 2. The van der Waals surface area contributed by atoms with E-state index in [0.717, 1.165) is 0 Å². The molecule has 0 aromatic heterocycles. The van der Waals surface area contributed by atoms with Crippen molar-refractivity contribution in [1.29, 1.82) is 0 Å². The normalized spacial score (nSPS) is 14.0. The van der Waals surface area contributed by atoms with Crippen molar-refractivity contribution in [3.05, 3.63) is 29.3 Å². The lowest BCUT2D eigenvalue weighted by Gasteiger charge is -2.35. The number of anilines is 1. The van der Waals surface area contributed by atoms with Gasteiger partial charge in [-0.05, 0) is 39.0 Å².